The summed E-state index contributed by atoms with van der Waals surface area (Å²) in [6.45, 7) is 4.14. The highest BCUT2D eigenvalue weighted by atomic mass is 32.2. The van der Waals surface area contributed by atoms with E-state index < -0.39 is 21.4 Å². The summed E-state index contributed by atoms with van der Waals surface area (Å²) in [4.78, 5) is 12.4. The fourth-order valence-electron chi connectivity index (χ4n) is 2.68. The number of aliphatic carboxylic acids is 1. The van der Waals surface area contributed by atoms with Gasteiger partial charge in [-0.2, -0.15) is 4.31 Å². The minimum absolute atomic E-state index is 0.0788. The number of thiophene rings is 1. The molecule has 2 rings (SSSR count). The predicted molar refractivity (Wildman–Crippen MR) is 77.4 cm³/mol. The van der Waals surface area contributed by atoms with Crippen LogP contribution in [0.5, 0.6) is 0 Å². The molecule has 20 heavy (non-hydrogen) atoms. The molecule has 1 unspecified atom stereocenters. The smallest absolute Gasteiger partial charge is 0.311 e. The standard InChI is InChI=1S/C13H19NO4S2/c1-3-6-13(12(15)16)7-8-14(9-13)20(17,18)11-5-4-10(2)19-11/h4-5H,3,6-9H2,1-2H3,(H,15,16). The van der Waals surface area contributed by atoms with E-state index in [1.807, 2.05) is 13.8 Å². The number of aryl methyl sites for hydroxylation is 1. The molecule has 1 aromatic rings. The minimum atomic E-state index is -3.55. The zero-order valence-electron chi connectivity index (χ0n) is 11.6. The van der Waals surface area contributed by atoms with Crippen LogP contribution in [0.25, 0.3) is 0 Å². The van der Waals surface area contributed by atoms with E-state index in [1.54, 1.807) is 12.1 Å². The highest BCUT2D eigenvalue weighted by Crippen LogP contribution is 2.38. The molecule has 1 fully saturated rings. The maximum Gasteiger partial charge on any atom is 0.311 e. The summed E-state index contributed by atoms with van der Waals surface area (Å²) in [7, 11) is -3.55. The fraction of sp³-hybridized carbons (Fsp3) is 0.615. The second kappa shape index (κ2) is 5.46. The molecule has 7 heteroatoms. The Morgan fingerprint density at radius 2 is 2.20 bits per heavy atom. The van der Waals surface area contributed by atoms with Crippen LogP contribution in [0.15, 0.2) is 16.3 Å². The molecule has 1 aromatic heterocycles. The second-order valence-corrected chi connectivity index (χ2v) is 8.74. The quantitative estimate of drug-likeness (QED) is 0.904. The van der Waals surface area contributed by atoms with Gasteiger partial charge in [-0.15, -0.1) is 11.3 Å². The second-order valence-electron chi connectivity index (χ2n) is 5.29. The first-order valence-electron chi connectivity index (χ1n) is 6.62. The van der Waals surface area contributed by atoms with Gasteiger partial charge in [0.1, 0.15) is 4.21 Å². The van der Waals surface area contributed by atoms with Crippen LogP contribution in [0, 0.1) is 12.3 Å². The number of hydrogen-bond acceptors (Lipinski definition) is 4. The molecule has 1 N–H and O–H groups in total. The molecule has 0 aromatic carbocycles. The minimum Gasteiger partial charge on any atom is -0.481 e. The Labute approximate surface area is 123 Å². The molecular weight excluding hydrogens is 298 g/mol. The lowest BCUT2D eigenvalue weighted by Gasteiger charge is -2.23. The Balaban J connectivity index is 2.26. The largest absolute Gasteiger partial charge is 0.481 e. The topological polar surface area (TPSA) is 74.7 Å². The molecule has 1 atom stereocenters. The third kappa shape index (κ3) is 2.62. The summed E-state index contributed by atoms with van der Waals surface area (Å²) in [6, 6.07) is 3.36. The van der Waals surface area contributed by atoms with Crippen LogP contribution < -0.4 is 0 Å². The summed E-state index contributed by atoms with van der Waals surface area (Å²) >= 11 is 1.23. The van der Waals surface area contributed by atoms with Crippen LogP contribution in [0.1, 0.15) is 31.1 Å². The summed E-state index contributed by atoms with van der Waals surface area (Å²) in [5, 5.41) is 9.43. The van der Waals surface area contributed by atoms with Crippen molar-refractivity contribution in [2.24, 2.45) is 5.41 Å². The van der Waals surface area contributed by atoms with E-state index in [2.05, 4.69) is 0 Å². The van der Waals surface area contributed by atoms with Crippen molar-refractivity contribution in [2.45, 2.75) is 37.3 Å². The summed E-state index contributed by atoms with van der Waals surface area (Å²) < 4.78 is 26.6. The van der Waals surface area contributed by atoms with E-state index in [1.165, 1.54) is 15.6 Å². The van der Waals surface area contributed by atoms with Crippen molar-refractivity contribution in [3.8, 4) is 0 Å². The van der Waals surface area contributed by atoms with Gasteiger partial charge in [0.05, 0.1) is 5.41 Å². The lowest BCUT2D eigenvalue weighted by atomic mass is 9.83. The van der Waals surface area contributed by atoms with Crippen molar-refractivity contribution in [1.82, 2.24) is 4.31 Å². The first-order valence-corrected chi connectivity index (χ1v) is 8.87. The van der Waals surface area contributed by atoms with Gasteiger partial charge >= 0.3 is 5.97 Å². The first kappa shape index (κ1) is 15.5. The van der Waals surface area contributed by atoms with Crippen LogP contribution in [0.2, 0.25) is 0 Å². The lowest BCUT2D eigenvalue weighted by Crippen LogP contribution is -2.36. The maximum absolute atomic E-state index is 12.5. The van der Waals surface area contributed by atoms with Gasteiger partial charge < -0.3 is 5.11 Å². The van der Waals surface area contributed by atoms with Gasteiger partial charge in [0.2, 0.25) is 0 Å². The molecule has 2 heterocycles. The molecule has 1 saturated heterocycles. The molecule has 0 amide bonds. The van der Waals surface area contributed by atoms with Gasteiger partial charge in [-0.05, 0) is 31.9 Å². The van der Waals surface area contributed by atoms with Crippen molar-refractivity contribution in [3.63, 3.8) is 0 Å². The number of rotatable bonds is 5. The molecule has 0 saturated carbocycles. The average molecular weight is 317 g/mol. The Kier molecular flexibility index (Phi) is 4.22. The summed E-state index contributed by atoms with van der Waals surface area (Å²) in [6.07, 6.45) is 1.63. The van der Waals surface area contributed by atoms with E-state index in [0.29, 0.717) is 17.1 Å². The zero-order valence-corrected chi connectivity index (χ0v) is 13.3. The van der Waals surface area contributed by atoms with Crippen molar-refractivity contribution < 1.29 is 18.3 Å². The normalized spacial score (nSPS) is 24.1. The van der Waals surface area contributed by atoms with Gasteiger partial charge in [-0.1, -0.05) is 13.3 Å². The molecule has 0 spiro atoms. The van der Waals surface area contributed by atoms with Crippen LogP contribution in [-0.2, 0) is 14.8 Å². The van der Waals surface area contributed by atoms with E-state index >= 15 is 0 Å². The Bertz CT molecular complexity index is 608. The first-order chi connectivity index (χ1) is 9.32. The van der Waals surface area contributed by atoms with Gasteiger partial charge in [-0.3, -0.25) is 4.79 Å². The molecule has 0 bridgehead atoms. The predicted octanol–water partition coefficient (Wildman–Crippen LogP) is 2.32. The number of carboxylic acid groups (broad SMARTS) is 1. The van der Waals surface area contributed by atoms with Crippen molar-refractivity contribution in [1.29, 1.82) is 0 Å². The number of sulfonamides is 1. The van der Waals surface area contributed by atoms with E-state index in [4.69, 9.17) is 0 Å². The van der Waals surface area contributed by atoms with E-state index in [9.17, 15) is 18.3 Å². The highest BCUT2D eigenvalue weighted by Gasteiger charge is 2.47. The van der Waals surface area contributed by atoms with Crippen LogP contribution in [-0.4, -0.2) is 36.9 Å². The van der Waals surface area contributed by atoms with Crippen LogP contribution >= 0.6 is 11.3 Å². The summed E-state index contributed by atoms with van der Waals surface area (Å²) in [5.41, 5.74) is -0.922. The van der Waals surface area contributed by atoms with E-state index in [-0.39, 0.29) is 13.1 Å². The Hall–Kier alpha value is -0.920. The SMILES string of the molecule is CCCC1(C(=O)O)CCN(S(=O)(=O)c2ccc(C)s2)C1. The Morgan fingerprint density at radius 3 is 2.70 bits per heavy atom. The number of carbonyl (C=O) groups is 1. The Morgan fingerprint density at radius 1 is 1.50 bits per heavy atom. The average Bonchev–Trinajstić information content (AvgIpc) is 2.97. The monoisotopic (exact) mass is 317 g/mol. The molecule has 0 aliphatic carbocycles. The van der Waals surface area contributed by atoms with Crippen molar-refractivity contribution >= 4 is 27.3 Å². The molecule has 0 radical (unpaired) electrons. The number of nitrogens with zero attached hydrogens (tertiary/aromatic N) is 1. The van der Waals surface area contributed by atoms with Crippen molar-refractivity contribution in [2.75, 3.05) is 13.1 Å². The third-order valence-corrected chi connectivity index (χ3v) is 7.12. The molecule has 1 aliphatic rings. The maximum atomic E-state index is 12.5. The van der Waals surface area contributed by atoms with Crippen molar-refractivity contribution in [3.05, 3.63) is 17.0 Å². The van der Waals surface area contributed by atoms with Gasteiger partial charge in [-0.25, -0.2) is 8.42 Å². The van der Waals surface area contributed by atoms with Crippen LogP contribution in [0.4, 0.5) is 0 Å². The number of hydrogen-bond donors (Lipinski definition) is 1. The molecule has 5 nitrogen and oxygen atoms in total. The zero-order chi connectivity index (χ0) is 15.0. The summed E-state index contributed by atoms with van der Waals surface area (Å²) in [5.74, 6) is -0.889. The van der Waals surface area contributed by atoms with Gasteiger partial charge in [0.25, 0.3) is 10.0 Å². The molecular formula is C13H19NO4S2. The van der Waals surface area contributed by atoms with E-state index in [0.717, 1.165) is 11.3 Å². The molecule has 1 aliphatic heterocycles. The molecule has 112 valence electrons. The number of carboxylic acids is 1. The third-order valence-electron chi connectivity index (χ3n) is 3.81. The fourth-order valence-corrected chi connectivity index (χ4v) is 5.65. The van der Waals surface area contributed by atoms with Gasteiger partial charge in [0.15, 0.2) is 0 Å². The lowest BCUT2D eigenvalue weighted by molar-refractivity contribution is -0.148. The van der Waals surface area contributed by atoms with Crippen LogP contribution in [0.3, 0.4) is 0 Å². The highest BCUT2D eigenvalue weighted by molar-refractivity contribution is 7.91. The van der Waals surface area contributed by atoms with Gasteiger partial charge in [0, 0.05) is 18.0 Å².